The third kappa shape index (κ3) is 4.82. The van der Waals surface area contributed by atoms with E-state index < -0.39 is 0 Å². The van der Waals surface area contributed by atoms with Crippen LogP contribution in [-0.2, 0) is 5.41 Å². The van der Waals surface area contributed by atoms with Gasteiger partial charge in [0.2, 0.25) is 0 Å². The van der Waals surface area contributed by atoms with Gasteiger partial charge in [0.1, 0.15) is 0 Å². The van der Waals surface area contributed by atoms with Gasteiger partial charge >= 0.3 is 0 Å². The summed E-state index contributed by atoms with van der Waals surface area (Å²) in [6.45, 7) is 4.70. The minimum atomic E-state index is -0.0810. The molecule has 0 aliphatic heterocycles. The molecule has 0 unspecified atom stereocenters. The van der Waals surface area contributed by atoms with Crippen LogP contribution in [0, 0.1) is 0 Å². The number of para-hydroxylation sites is 1. The highest BCUT2D eigenvalue weighted by molar-refractivity contribution is 5.91. The van der Waals surface area contributed by atoms with E-state index in [0.717, 1.165) is 17.1 Å². The Bertz CT molecular complexity index is 2140. The third-order valence-corrected chi connectivity index (χ3v) is 9.51. The van der Waals surface area contributed by atoms with Gasteiger partial charge in [-0.15, -0.1) is 0 Å². The van der Waals surface area contributed by atoms with Gasteiger partial charge in [-0.05, 0) is 80.4 Å². The molecule has 1 nitrogen and oxygen atoms in total. The normalized spacial score (nSPS) is 12.7. The Hall–Kier alpha value is -5.66. The summed E-state index contributed by atoms with van der Waals surface area (Å²) in [5.41, 5.74) is 16.0. The first kappa shape index (κ1) is 27.9. The summed E-state index contributed by atoms with van der Waals surface area (Å²) < 4.78 is 0. The Labute approximate surface area is 272 Å². The molecule has 0 fully saturated rings. The maximum Gasteiger partial charge on any atom is 0.0540 e. The van der Waals surface area contributed by atoms with Gasteiger partial charge in [-0.1, -0.05) is 159 Å². The van der Waals surface area contributed by atoms with E-state index in [1.54, 1.807) is 0 Å². The molecule has 0 radical (unpaired) electrons. The zero-order valence-corrected chi connectivity index (χ0v) is 26.2. The fourth-order valence-electron chi connectivity index (χ4n) is 7.08. The van der Waals surface area contributed by atoms with Crippen LogP contribution in [0.4, 0.5) is 17.1 Å². The molecule has 0 aromatic heterocycles. The van der Waals surface area contributed by atoms with Crippen molar-refractivity contribution in [2.75, 3.05) is 4.90 Å². The maximum atomic E-state index is 2.42. The van der Waals surface area contributed by atoms with Crippen molar-refractivity contribution in [3.63, 3.8) is 0 Å². The second-order valence-corrected chi connectivity index (χ2v) is 12.6. The Morgan fingerprint density at radius 1 is 0.348 bits per heavy atom. The molecular formula is C45H35N. The Morgan fingerprint density at radius 2 is 0.804 bits per heavy atom. The molecule has 1 aliphatic rings. The minimum Gasteiger partial charge on any atom is -0.310 e. The lowest BCUT2D eigenvalue weighted by molar-refractivity contribution is 0.660. The van der Waals surface area contributed by atoms with Gasteiger partial charge in [-0.25, -0.2) is 0 Å². The minimum absolute atomic E-state index is 0.0810. The molecular weight excluding hydrogens is 555 g/mol. The van der Waals surface area contributed by atoms with Crippen LogP contribution in [0.15, 0.2) is 176 Å². The monoisotopic (exact) mass is 589 g/mol. The summed E-state index contributed by atoms with van der Waals surface area (Å²) in [5, 5.41) is 0. The number of fused-ring (bicyclic) bond motifs is 3. The fraction of sp³-hybridized carbons (Fsp3) is 0.0667. The Morgan fingerprint density at radius 3 is 1.46 bits per heavy atom. The number of benzene rings is 7. The van der Waals surface area contributed by atoms with E-state index in [4.69, 9.17) is 0 Å². The Balaban J connectivity index is 1.23. The van der Waals surface area contributed by atoms with Crippen LogP contribution < -0.4 is 4.90 Å². The van der Waals surface area contributed by atoms with Gasteiger partial charge in [0.25, 0.3) is 0 Å². The van der Waals surface area contributed by atoms with Crippen LogP contribution >= 0.6 is 0 Å². The average molecular weight is 590 g/mol. The molecule has 0 amide bonds. The summed E-state index contributed by atoms with van der Waals surface area (Å²) in [6, 6.07) is 63.7. The van der Waals surface area contributed by atoms with Crippen molar-refractivity contribution in [2.45, 2.75) is 19.3 Å². The van der Waals surface area contributed by atoms with Crippen LogP contribution in [0.2, 0.25) is 0 Å². The van der Waals surface area contributed by atoms with E-state index in [2.05, 4.69) is 195 Å². The van der Waals surface area contributed by atoms with E-state index in [1.807, 2.05) is 0 Å². The molecule has 46 heavy (non-hydrogen) atoms. The first-order valence-corrected chi connectivity index (χ1v) is 16.0. The van der Waals surface area contributed by atoms with Gasteiger partial charge in [0, 0.05) is 22.4 Å². The summed E-state index contributed by atoms with van der Waals surface area (Å²) in [7, 11) is 0. The van der Waals surface area contributed by atoms with Crippen molar-refractivity contribution in [1.29, 1.82) is 0 Å². The van der Waals surface area contributed by atoms with Crippen molar-refractivity contribution < 1.29 is 0 Å². The lowest BCUT2D eigenvalue weighted by Gasteiger charge is -2.30. The van der Waals surface area contributed by atoms with Gasteiger partial charge in [0.05, 0.1) is 5.69 Å². The van der Waals surface area contributed by atoms with E-state index in [9.17, 15) is 0 Å². The Kier molecular flexibility index (Phi) is 6.88. The molecule has 0 bridgehead atoms. The zero-order chi connectivity index (χ0) is 31.1. The van der Waals surface area contributed by atoms with Crippen molar-refractivity contribution >= 4 is 17.1 Å². The standard InChI is InChI=1S/C45H35N/c1-45(2)42-19-11-9-18-40(42)41-30-29-38(31-43(41)45)46(44-20-12-10-17-39(44)36-15-7-4-8-16-36)37-27-25-35(26-28-37)34-23-21-33(22-24-34)32-13-5-3-6-14-32/h3-31H,1-2H3. The second-order valence-electron chi connectivity index (χ2n) is 12.6. The van der Waals surface area contributed by atoms with Crippen LogP contribution in [0.3, 0.4) is 0 Å². The lowest BCUT2D eigenvalue weighted by Crippen LogP contribution is -2.16. The third-order valence-electron chi connectivity index (χ3n) is 9.51. The topological polar surface area (TPSA) is 3.24 Å². The molecule has 0 atom stereocenters. The molecule has 7 aromatic carbocycles. The number of hydrogen-bond acceptors (Lipinski definition) is 1. The molecule has 0 heterocycles. The van der Waals surface area contributed by atoms with Gasteiger partial charge < -0.3 is 4.90 Å². The van der Waals surface area contributed by atoms with Crippen LogP contribution in [0.1, 0.15) is 25.0 Å². The predicted molar refractivity (Wildman–Crippen MR) is 195 cm³/mol. The summed E-state index contributed by atoms with van der Waals surface area (Å²) >= 11 is 0. The van der Waals surface area contributed by atoms with E-state index >= 15 is 0 Å². The molecule has 0 saturated carbocycles. The average Bonchev–Trinajstić information content (AvgIpc) is 3.35. The fourth-order valence-corrected chi connectivity index (χ4v) is 7.08. The smallest absolute Gasteiger partial charge is 0.0540 e. The van der Waals surface area contributed by atoms with E-state index in [1.165, 1.54) is 55.6 Å². The molecule has 1 aliphatic carbocycles. The summed E-state index contributed by atoms with van der Waals surface area (Å²) in [4.78, 5) is 2.42. The van der Waals surface area contributed by atoms with Crippen molar-refractivity contribution in [2.24, 2.45) is 0 Å². The SMILES string of the molecule is CC1(C)c2ccccc2-c2ccc(N(c3ccc(-c4ccc(-c5ccccc5)cc4)cc3)c3ccccc3-c3ccccc3)cc21. The number of nitrogens with zero attached hydrogens (tertiary/aromatic N) is 1. The van der Waals surface area contributed by atoms with Crippen LogP contribution in [-0.4, -0.2) is 0 Å². The summed E-state index contributed by atoms with van der Waals surface area (Å²) in [5.74, 6) is 0. The number of hydrogen-bond donors (Lipinski definition) is 0. The van der Waals surface area contributed by atoms with E-state index in [-0.39, 0.29) is 5.41 Å². The first-order chi connectivity index (χ1) is 22.6. The van der Waals surface area contributed by atoms with Gasteiger partial charge in [-0.2, -0.15) is 0 Å². The molecule has 0 spiro atoms. The van der Waals surface area contributed by atoms with Crippen molar-refractivity contribution in [1.82, 2.24) is 0 Å². The van der Waals surface area contributed by atoms with Crippen molar-refractivity contribution in [3.8, 4) is 44.5 Å². The predicted octanol–water partition coefficient (Wildman–Crippen LogP) is 12.5. The van der Waals surface area contributed by atoms with E-state index in [0.29, 0.717) is 0 Å². The summed E-state index contributed by atoms with van der Waals surface area (Å²) in [6.07, 6.45) is 0. The highest BCUT2D eigenvalue weighted by Crippen LogP contribution is 2.51. The molecule has 7 aromatic rings. The molecule has 8 rings (SSSR count). The first-order valence-electron chi connectivity index (χ1n) is 16.0. The zero-order valence-electron chi connectivity index (χ0n) is 26.2. The van der Waals surface area contributed by atoms with Crippen LogP contribution in [0.5, 0.6) is 0 Å². The van der Waals surface area contributed by atoms with Gasteiger partial charge in [0.15, 0.2) is 0 Å². The largest absolute Gasteiger partial charge is 0.310 e. The van der Waals surface area contributed by atoms with Gasteiger partial charge in [-0.3, -0.25) is 0 Å². The molecule has 220 valence electrons. The number of rotatable bonds is 6. The molecule has 0 N–H and O–H groups in total. The molecule has 0 saturated heterocycles. The van der Waals surface area contributed by atoms with Crippen LogP contribution in [0.25, 0.3) is 44.5 Å². The second kappa shape index (κ2) is 11.4. The van der Waals surface area contributed by atoms with Crippen molar-refractivity contribution in [3.05, 3.63) is 187 Å². The highest BCUT2D eigenvalue weighted by atomic mass is 15.1. The molecule has 1 heteroatoms. The maximum absolute atomic E-state index is 2.42. The quantitative estimate of drug-likeness (QED) is 0.186. The lowest BCUT2D eigenvalue weighted by atomic mass is 9.82. The highest BCUT2D eigenvalue weighted by Gasteiger charge is 2.35. The number of anilines is 3.